The van der Waals surface area contributed by atoms with Gasteiger partial charge in [-0.25, -0.2) is 0 Å². The van der Waals surface area contributed by atoms with Crippen molar-refractivity contribution >= 4 is 29.4 Å². The summed E-state index contributed by atoms with van der Waals surface area (Å²) in [6, 6.07) is 15.2. The van der Waals surface area contributed by atoms with Crippen LogP contribution in [0.15, 0.2) is 53.4 Å². The Kier molecular flexibility index (Phi) is 4.34. The molecule has 1 fully saturated rings. The Hall–Kier alpha value is -2.20. The zero-order chi connectivity index (χ0) is 19.2. The minimum Gasteiger partial charge on any atom is -0.335 e. The van der Waals surface area contributed by atoms with E-state index < -0.39 is 5.66 Å². The van der Waals surface area contributed by atoms with Gasteiger partial charge in [-0.1, -0.05) is 51.1 Å². The van der Waals surface area contributed by atoms with Crippen LogP contribution in [-0.4, -0.2) is 24.4 Å². The second-order valence-corrected chi connectivity index (χ2v) is 8.72. The van der Waals surface area contributed by atoms with Crippen LogP contribution in [0.25, 0.3) is 6.08 Å². The van der Waals surface area contributed by atoms with E-state index in [0.717, 1.165) is 17.7 Å². The van der Waals surface area contributed by atoms with Crippen molar-refractivity contribution in [1.29, 1.82) is 0 Å². The van der Waals surface area contributed by atoms with Crippen LogP contribution in [0.5, 0.6) is 0 Å². The number of hydrogen-bond donors (Lipinski definition) is 1. The summed E-state index contributed by atoms with van der Waals surface area (Å²) >= 11 is 1.74. The van der Waals surface area contributed by atoms with Crippen molar-refractivity contribution in [2.45, 2.75) is 43.2 Å². The highest BCUT2D eigenvalue weighted by molar-refractivity contribution is 7.98. The molecular weight excluding hydrogens is 352 g/mol. The van der Waals surface area contributed by atoms with E-state index in [1.165, 1.54) is 16.0 Å². The molecule has 0 bridgehead atoms. The summed E-state index contributed by atoms with van der Waals surface area (Å²) in [6.07, 6.45) is 7.41. The van der Waals surface area contributed by atoms with E-state index in [1.807, 2.05) is 0 Å². The molecule has 2 aliphatic rings. The van der Waals surface area contributed by atoms with Gasteiger partial charge in [-0.3, -0.25) is 4.79 Å². The molecule has 0 saturated carbocycles. The number of anilines is 1. The molecule has 2 aromatic carbocycles. The van der Waals surface area contributed by atoms with Crippen LogP contribution in [0.2, 0.25) is 0 Å². The van der Waals surface area contributed by atoms with E-state index >= 15 is 0 Å². The predicted molar refractivity (Wildman–Crippen MR) is 114 cm³/mol. The largest absolute Gasteiger partial charge is 0.335 e. The first-order valence-corrected chi connectivity index (χ1v) is 10.7. The molecule has 0 radical (unpaired) electrons. The van der Waals surface area contributed by atoms with Gasteiger partial charge in [-0.05, 0) is 53.6 Å². The van der Waals surface area contributed by atoms with Gasteiger partial charge in [0.2, 0.25) is 5.91 Å². The van der Waals surface area contributed by atoms with Gasteiger partial charge in [0.05, 0.1) is 6.54 Å². The van der Waals surface area contributed by atoms with Crippen LogP contribution >= 0.6 is 11.8 Å². The molecule has 1 saturated heterocycles. The molecule has 2 aromatic rings. The van der Waals surface area contributed by atoms with Crippen molar-refractivity contribution in [3.05, 3.63) is 65.2 Å². The molecule has 1 amide bonds. The molecule has 0 spiro atoms. The third kappa shape index (κ3) is 2.69. The molecule has 140 valence electrons. The Morgan fingerprint density at radius 1 is 1.19 bits per heavy atom. The molecule has 2 aliphatic heterocycles. The highest BCUT2D eigenvalue weighted by atomic mass is 32.2. The maximum absolute atomic E-state index is 12.4. The van der Waals surface area contributed by atoms with E-state index in [4.69, 9.17) is 0 Å². The first-order chi connectivity index (χ1) is 12.9. The number of aryl methyl sites for hydroxylation is 1. The highest BCUT2D eigenvalue weighted by Crippen LogP contribution is 2.53. The lowest BCUT2D eigenvalue weighted by atomic mass is 9.75. The van der Waals surface area contributed by atoms with Crippen molar-refractivity contribution in [1.82, 2.24) is 5.32 Å². The third-order valence-corrected chi connectivity index (χ3v) is 6.82. The van der Waals surface area contributed by atoms with E-state index in [9.17, 15) is 4.79 Å². The van der Waals surface area contributed by atoms with Crippen molar-refractivity contribution in [3.63, 3.8) is 0 Å². The lowest BCUT2D eigenvalue weighted by molar-refractivity contribution is -0.118. The number of thioether (sulfide) groups is 1. The monoisotopic (exact) mass is 378 g/mol. The topological polar surface area (TPSA) is 32.3 Å². The van der Waals surface area contributed by atoms with Crippen LogP contribution < -0.4 is 10.2 Å². The summed E-state index contributed by atoms with van der Waals surface area (Å²) in [6.45, 7) is 7.05. The molecule has 0 aliphatic carbocycles. The van der Waals surface area contributed by atoms with Gasteiger partial charge in [0.15, 0.2) is 0 Å². The number of rotatable bonds is 4. The Balaban J connectivity index is 1.78. The van der Waals surface area contributed by atoms with Crippen LogP contribution in [-0.2, 0) is 16.6 Å². The Morgan fingerprint density at radius 3 is 2.59 bits per heavy atom. The molecule has 0 aromatic heterocycles. The summed E-state index contributed by atoms with van der Waals surface area (Å²) in [5.41, 5.74) is 4.19. The number of fused-ring (bicyclic) bond motifs is 3. The fourth-order valence-electron chi connectivity index (χ4n) is 4.37. The van der Waals surface area contributed by atoms with Crippen LogP contribution in [0.4, 0.5) is 5.69 Å². The van der Waals surface area contributed by atoms with Crippen molar-refractivity contribution < 1.29 is 4.79 Å². The second kappa shape index (κ2) is 6.45. The second-order valence-electron chi connectivity index (χ2n) is 7.84. The molecule has 3 nitrogen and oxygen atoms in total. The molecule has 27 heavy (non-hydrogen) atoms. The lowest BCUT2D eigenvalue weighted by Gasteiger charge is -2.40. The number of nitrogens with one attached hydrogen (secondary N) is 1. The summed E-state index contributed by atoms with van der Waals surface area (Å²) in [4.78, 5) is 15.9. The first-order valence-electron chi connectivity index (χ1n) is 9.46. The molecule has 1 N–H and O–H groups in total. The quantitative estimate of drug-likeness (QED) is 0.789. The predicted octanol–water partition coefficient (Wildman–Crippen LogP) is 4.61. The molecule has 2 heterocycles. The SMILES string of the molecule is CCc1ccc2c(c1)C(C)(C)[C@@]1(/C=C/c3ccc(SC)cc3)NC(=O)CN21. The highest BCUT2D eigenvalue weighted by Gasteiger charge is 2.59. The summed E-state index contributed by atoms with van der Waals surface area (Å²) in [5.74, 6) is 0.0793. The maximum Gasteiger partial charge on any atom is 0.241 e. The van der Waals surface area contributed by atoms with E-state index in [-0.39, 0.29) is 11.3 Å². The number of amides is 1. The number of carbonyl (C=O) groups is 1. The standard InChI is InChI=1S/C23H26N2OS/c1-5-16-8-11-20-19(14-16)22(2,3)23(24-21(26)15-25(20)23)13-12-17-6-9-18(27-4)10-7-17/h6-14H,5,15H2,1-4H3,(H,24,26)/b13-12+/t23-/m0/s1. The van der Waals surface area contributed by atoms with Crippen molar-refractivity contribution in [3.8, 4) is 0 Å². The van der Waals surface area contributed by atoms with Gasteiger partial charge in [0, 0.05) is 16.0 Å². The molecule has 4 rings (SSSR count). The van der Waals surface area contributed by atoms with Gasteiger partial charge in [-0.2, -0.15) is 0 Å². The summed E-state index contributed by atoms with van der Waals surface area (Å²) in [5, 5.41) is 3.29. The van der Waals surface area contributed by atoms with Gasteiger partial charge in [0.25, 0.3) is 0 Å². The lowest BCUT2D eigenvalue weighted by Crippen LogP contribution is -2.58. The van der Waals surface area contributed by atoms with Crippen molar-refractivity contribution in [2.24, 2.45) is 0 Å². The van der Waals surface area contributed by atoms with Gasteiger partial charge < -0.3 is 10.2 Å². The average molecular weight is 379 g/mol. The van der Waals surface area contributed by atoms with Gasteiger partial charge in [0.1, 0.15) is 5.66 Å². The normalized spacial score (nSPS) is 22.8. The molecule has 1 atom stereocenters. The number of nitrogens with zero attached hydrogens (tertiary/aromatic N) is 1. The molecule has 4 heteroatoms. The van der Waals surface area contributed by atoms with Gasteiger partial charge >= 0.3 is 0 Å². The smallest absolute Gasteiger partial charge is 0.241 e. The summed E-state index contributed by atoms with van der Waals surface area (Å²) in [7, 11) is 0. The summed E-state index contributed by atoms with van der Waals surface area (Å²) < 4.78 is 0. The van der Waals surface area contributed by atoms with Gasteiger partial charge in [-0.15, -0.1) is 11.8 Å². The van der Waals surface area contributed by atoms with Crippen LogP contribution in [0.3, 0.4) is 0 Å². The number of carbonyl (C=O) groups excluding carboxylic acids is 1. The minimum atomic E-state index is -0.531. The molecule has 0 unspecified atom stereocenters. The Bertz CT molecular complexity index is 916. The van der Waals surface area contributed by atoms with E-state index in [2.05, 4.69) is 91.9 Å². The molecular formula is C23H26N2OS. The third-order valence-electron chi connectivity index (χ3n) is 6.08. The Labute approximate surface area is 165 Å². The average Bonchev–Trinajstić information content (AvgIpc) is 3.11. The van der Waals surface area contributed by atoms with Crippen LogP contribution in [0.1, 0.15) is 37.5 Å². The minimum absolute atomic E-state index is 0.0793. The van der Waals surface area contributed by atoms with E-state index in [1.54, 1.807) is 11.8 Å². The zero-order valence-electron chi connectivity index (χ0n) is 16.4. The van der Waals surface area contributed by atoms with E-state index in [0.29, 0.717) is 6.54 Å². The Morgan fingerprint density at radius 2 is 1.93 bits per heavy atom. The van der Waals surface area contributed by atoms with Crippen molar-refractivity contribution in [2.75, 3.05) is 17.7 Å². The first kappa shape index (κ1) is 18.2. The fraction of sp³-hybridized carbons (Fsp3) is 0.348. The maximum atomic E-state index is 12.4. The zero-order valence-corrected chi connectivity index (χ0v) is 17.2. The fourth-order valence-corrected chi connectivity index (χ4v) is 4.78. The van der Waals surface area contributed by atoms with Crippen LogP contribution in [0, 0.1) is 0 Å². The number of hydrogen-bond acceptors (Lipinski definition) is 3. The number of benzene rings is 2.